The Kier molecular flexibility index (Phi) is 10.4. The molecule has 212 valence electrons. The van der Waals surface area contributed by atoms with Crippen LogP contribution in [0, 0.1) is 5.92 Å². The minimum atomic E-state index is -0.0779. The van der Waals surface area contributed by atoms with E-state index in [-0.39, 0.29) is 11.3 Å². The van der Waals surface area contributed by atoms with Crippen LogP contribution in [0.1, 0.15) is 61.8 Å². The molecule has 1 fully saturated rings. The molecule has 1 aromatic heterocycles. The molecule has 0 unspecified atom stereocenters. The average Bonchev–Trinajstić information content (AvgIpc) is 2.95. The van der Waals surface area contributed by atoms with E-state index in [9.17, 15) is 4.79 Å². The lowest BCUT2D eigenvalue weighted by molar-refractivity contribution is 0.0949. The molecule has 1 aliphatic heterocycles. The van der Waals surface area contributed by atoms with Crippen LogP contribution in [-0.2, 0) is 11.2 Å². The van der Waals surface area contributed by atoms with Gasteiger partial charge >= 0.3 is 0 Å². The van der Waals surface area contributed by atoms with Crippen LogP contribution in [0.2, 0.25) is 0 Å². The second-order valence-electron chi connectivity index (χ2n) is 11.8. The monoisotopic (exact) mass is 557 g/mol. The van der Waals surface area contributed by atoms with Gasteiger partial charge in [-0.25, -0.2) is 9.97 Å². The topological polar surface area (TPSA) is 61.4 Å². The van der Waals surface area contributed by atoms with Gasteiger partial charge in [-0.1, -0.05) is 101 Å². The molecule has 1 amide bonds. The van der Waals surface area contributed by atoms with E-state index in [1.807, 2.05) is 24.3 Å². The highest BCUT2D eigenvalue weighted by Gasteiger charge is 2.23. The van der Waals surface area contributed by atoms with Gasteiger partial charge in [0.15, 0.2) is 5.16 Å². The highest BCUT2D eigenvalue weighted by atomic mass is 32.2. The van der Waals surface area contributed by atoms with Crippen LogP contribution >= 0.6 is 11.8 Å². The molecule has 1 aliphatic rings. The summed E-state index contributed by atoms with van der Waals surface area (Å²) in [5.41, 5.74) is 4.00. The largest absolute Gasteiger partial charge is 0.354 e. The van der Waals surface area contributed by atoms with Gasteiger partial charge in [0, 0.05) is 62.1 Å². The lowest BCUT2D eigenvalue weighted by atomic mass is 9.92. The Labute approximate surface area is 244 Å². The van der Waals surface area contributed by atoms with E-state index in [0.717, 1.165) is 55.0 Å². The first kappa shape index (κ1) is 29.8. The molecule has 2 heterocycles. The third-order valence-electron chi connectivity index (χ3n) is 6.86. The van der Waals surface area contributed by atoms with E-state index in [1.165, 1.54) is 5.56 Å². The van der Waals surface area contributed by atoms with Gasteiger partial charge in [0.05, 0.1) is 5.69 Å². The van der Waals surface area contributed by atoms with Crippen LogP contribution in [0.15, 0.2) is 71.9 Å². The first-order valence-electron chi connectivity index (χ1n) is 14.3. The molecule has 4 rings (SSSR count). The minimum Gasteiger partial charge on any atom is -0.354 e. The zero-order valence-corrected chi connectivity index (χ0v) is 25.4. The minimum absolute atomic E-state index is 0.0245. The first-order chi connectivity index (χ1) is 19.2. The summed E-state index contributed by atoms with van der Waals surface area (Å²) in [5, 5.41) is 3.79. The van der Waals surface area contributed by atoms with Crippen LogP contribution < -0.4 is 10.2 Å². The molecule has 1 N–H and O–H groups in total. The number of rotatable bonds is 10. The van der Waals surface area contributed by atoms with Crippen molar-refractivity contribution in [2.24, 2.45) is 5.92 Å². The fourth-order valence-electron chi connectivity index (χ4n) is 4.43. The second kappa shape index (κ2) is 14.0. The first-order valence-corrected chi connectivity index (χ1v) is 15.2. The molecule has 0 radical (unpaired) electrons. The van der Waals surface area contributed by atoms with E-state index >= 15 is 0 Å². The van der Waals surface area contributed by atoms with Crippen molar-refractivity contribution >= 4 is 29.6 Å². The van der Waals surface area contributed by atoms with Crippen LogP contribution in [0.5, 0.6) is 0 Å². The number of hydrogen-bond acceptors (Lipinski definition) is 6. The lowest BCUT2D eigenvalue weighted by Crippen LogP contribution is -2.46. The Bertz CT molecular complexity index is 1280. The number of piperazine rings is 1. The average molecular weight is 558 g/mol. The summed E-state index contributed by atoms with van der Waals surface area (Å²) in [7, 11) is 0. The maximum absolute atomic E-state index is 12.5. The normalized spacial score (nSPS) is 14.7. The molecule has 0 saturated carbocycles. The number of anilines is 1. The van der Waals surface area contributed by atoms with Crippen LogP contribution in [0.4, 0.5) is 5.82 Å². The fourth-order valence-corrected chi connectivity index (χ4v) is 5.23. The van der Waals surface area contributed by atoms with Gasteiger partial charge in [-0.15, -0.1) is 0 Å². The third kappa shape index (κ3) is 8.93. The zero-order chi connectivity index (χ0) is 28.5. The summed E-state index contributed by atoms with van der Waals surface area (Å²) in [6.07, 6.45) is 4.45. The number of nitrogens with zero attached hydrogens (tertiary/aromatic N) is 4. The smallest absolute Gasteiger partial charge is 0.251 e. The summed E-state index contributed by atoms with van der Waals surface area (Å²) in [5.74, 6) is 2.11. The standard InChI is InChI=1S/C33H43N5OS/c1-25(2)23-34-31(39)28-15-9-13-27(21-28)24-40-32-35-29(33(3,4)5)22-30(36-32)38-19-17-37(18-20-38)16-10-14-26-11-7-6-8-12-26/h6-15,21-22,25H,16-20,23-24H2,1-5H3,(H,34,39)/b14-10+. The second-order valence-corrected chi connectivity index (χ2v) is 12.8. The number of amides is 1. The molecule has 2 aromatic carbocycles. The Balaban J connectivity index is 1.39. The predicted molar refractivity (Wildman–Crippen MR) is 168 cm³/mol. The number of thioether (sulfide) groups is 1. The van der Waals surface area contributed by atoms with Crippen molar-refractivity contribution in [1.82, 2.24) is 20.2 Å². The molecule has 40 heavy (non-hydrogen) atoms. The van der Waals surface area contributed by atoms with Gasteiger partial charge < -0.3 is 10.2 Å². The fraction of sp³-hybridized carbons (Fsp3) is 0.424. The Hall–Kier alpha value is -3.16. The van der Waals surface area contributed by atoms with Crippen molar-refractivity contribution < 1.29 is 4.79 Å². The van der Waals surface area contributed by atoms with Crippen LogP contribution in [-0.4, -0.2) is 60.0 Å². The van der Waals surface area contributed by atoms with Gasteiger partial charge in [0.25, 0.3) is 5.91 Å². The molecule has 3 aromatic rings. The van der Waals surface area contributed by atoms with Gasteiger partial charge in [0.2, 0.25) is 0 Å². The number of carbonyl (C=O) groups excluding carboxylic acids is 1. The molecule has 0 atom stereocenters. The highest BCUT2D eigenvalue weighted by Crippen LogP contribution is 2.29. The number of nitrogens with one attached hydrogen (secondary N) is 1. The van der Waals surface area contributed by atoms with E-state index in [4.69, 9.17) is 9.97 Å². The Morgan fingerprint density at radius 1 is 1.00 bits per heavy atom. The van der Waals surface area contributed by atoms with Crippen LogP contribution in [0.25, 0.3) is 6.08 Å². The van der Waals surface area contributed by atoms with Crippen molar-refractivity contribution in [1.29, 1.82) is 0 Å². The molecule has 6 nitrogen and oxygen atoms in total. The predicted octanol–water partition coefficient (Wildman–Crippen LogP) is 6.29. The lowest BCUT2D eigenvalue weighted by Gasteiger charge is -2.35. The summed E-state index contributed by atoms with van der Waals surface area (Å²) in [4.78, 5) is 27.3. The van der Waals surface area contributed by atoms with Crippen LogP contribution in [0.3, 0.4) is 0 Å². The highest BCUT2D eigenvalue weighted by molar-refractivity contribution is 7.98. The van der Waals surface area contributed by atoms with Crippen molar-refractivity contribution in [3.8, 4) is 0 Å². The van der Waals surface area contributed by atoms with E-state index < -0.39 is 0 Å². The third-order valence-corrected chi connectivity index (χ3v) is 7.78. The number of carbonyl (C=O) groups is 1. The Morgan fingerprint density at radius 3 is 2.45 bits per heavy atom. The van der Waals surface area contributed by atoms with Gasteiger partial charge in [-0.3, -0.25) is 9.69 Å². The SMILES string of the molecule is CC(C)CNC(=O)c1cccc(CSc2nc(N3CCN(C/C=C/c4ccccc4)CC3)cc(C(C)(C)C)n2)c1. The van der Waals surface area contributed by atoms with Crippen molar-refractivity contribution in [2.75, 3.05) is 44.2 Å². The van der Waals surface area contributed by atoms with Gasteiger partial charge in [-0.2, -0.15) is 0 Å². The maximum Gasteiger partial charge on any atom is 0.251 e. The van der Waals surface area contributed by atoms with E-state index in [2.05, 4.69) is 98.3 Å². The molecular weight excluding hydrogens is 514 g/mol. The zero-order valence-electron chi connectivity index (χ0n) is 24.6. The summed E-state index contributed by atoms with van der Waals surface area (Å²) in [6, 6.07) is 20.5. The number of hydrogen-bond donors (Lipinski definition) is 1. The number of benzene rings is 2. The van der Waals surface area contributed by atoms with E-state index in [0.29, 0.717) is 23.8 Å². The molecule has 0 bridgehead atoms. The molecule has 1 saturated heterocycles. The van der Waals surface area contributed by atoms with Gasteiger partial charge in [-0.05, 0) is 29.2 Å². The summed E-state index contributed by atoms with van der Waals surface area (Å²) in [6.45, 7) is 16.3. The molecule has 0 spiro atoms. The van der Waals surface area contributed by atoms with Crippen molar-refractivity contribution in [3.63, 3.8) is 0 Å². The van der Waals surface area contributed by atoms with Crippen molar-refractivity contribution in [2.45, 2.75) is 50.9 Å². The Morgan fingerprint density at radius 2 is 1.75 bits per heavy atom. The number of aromatic nitrogens is 2. The van der Waals surface area contributed by atoms with E-state index in [1.54, 1.807) is 11.8 Å². The molecule has 7 heteroatoms. The molecular formula is C33H43N5OS. The summed E-state index contributed by atoms with van der Waals surface area (Å²) < 4.78 is 0. The summed E-state index contributed by atoms with van der Waals surface area (Å²) >= 11 is 1.63. The van der Waals surface area contributed by atoms with Gasteiger partial charge in [0.1, 0.15) is 5.82 Å². The van der Waals surface area contributed by atoms with Crippen molar-refractivity contribution in [3.05, 3.63) is 89.1 Å². The maximum atomic E-state index is 12.5. The molecule has 0 aliphatic carbocycles. The quantitative estimate of drug-likeness (QED) is 0.234.